The molecule has 0 radical (unpaired) electrons. The van der Waals surface area contributed by atoms with E-state index in [0.29, 0.717) is 5.92 Å². The number of benzene rings is 2. The Labute approximate surface area is 155 Å². The van der Waals surface area contributed by atoms with Gasteiger partial charge in [-0.05, 0) is 70.7 Å². The second kappa shape index (κ2) is 5.74. The molecule has 0 amide bonds. The lowest BCUT2D eigenvalue weighted by molar-refractivity contribution is 0.189. The highest BCUT2D eigenvalue weighted by Crippen LogP contribution is 2.58. The minimum atomic E-state index is 0.290. The second-order valence-electron chi connectivity index (χ2n) is 7.70. The van der Waals surface area contributed by atoms with Crippen molar-refractivity contribution in [1.82, 2.24) is 0 Å². The van der Waals surface area contributed by atoms with E-state index < -0.39 is 0 Å². The summed E-state index contributed by atoms with van der Waals surface area (Å²) >= 11 is 7.39. The van der Waals surface area contributed by atoms with Crippen LogP contribution in [0.5, 0.6) is 0 Å². The Morgan fingerprint density at radius 3 is 1.78 bits per heavy atom. The molecule has 0 N–H and O–H groups in total. The Bertz CT molecular complexity index is 703. The topological polar surface area (TPSA) is 0 Å². The molecule has 0 bridgehead atoms. The van der Waals surface area contributed by atoms with Crippen LogP contribution >= 0.6 is 31.9 Å². The lowest BCUT2D eigenvalue weighted by Crippen LogP contribution is -2.29. The minimum absolute atomic E-state index is 0.290. The first-order chi connectivity index (χ1) is 11.0. The molecule has 1 saturated carbocycles. The van der Waals surface area contributed by atoms with Gasteiger partial charge >= 0.3 is 0 Å². The normalized spacial score (nSPS) is 18.3. The van der Waals surface area contributed by atoms with E-state index in [0.717, 1.165) is 5.92 Å². The summed E-state index contributed by atoms with van der Waals surface area (Å²) in [6.07, 6.45) is 5.57. The van der Waals surface area contributed by atoms with Crippen LogP contribution < -0.4 is 0 Å². The average Bonchev–Trinajstić information content (AvgIpc) is 3.12. The highest BCUT2D eigenvalue weighted by atomic mass is 79.9. The van der Waals surface area contributed by atoms with Crippen molar-refractivity contribution in [2.24, 2.45) is 11.3 Å². The molecule has 0 spiro atoms. The molecule has 120 valence electrons. The maximum absolute atomic E-state index is 3.69. The Hall–Kier alpha value is -0.600. The van der Waals surface area contributed by atoms with Crippen LogP contribution in [0.4, 0.5) is 0 Å². The first-order valence-corrected chi connectivity index (χ1v) is 10.2. The predicted molar refractivity (Wildman–Crippen MR) is 105 cm³/mol. The summed E-state index contributed by atoms with van der Waals surface area (Å²) in [5, 5.41) is 0. The van der Waals surface area contributed by atoms with Gasteiger partial charge in [-0.15, -0.1) is 0 Å². The van der Waals surface area contributed by atoms with Crippen molar-refractivity contribution >= 4 is 31.9 Å². The summed E-state index contributed by atoms with van der Waals surface area (Å²) < 4.78 is 2.38. The van der Waals surface area contributed by atoms with Gasteiger partial charge in [-0.1, -0.05) is 70.7 Å². The van der Waals surface area contributed by atoms with Crippen LogP contribution in [0.2, 0.25) is 0 Å². The Kier molecular flexibility index (Phi) is 3.97. The molecule has 0 atom stereocenters. The highest BCUT2D eigenvalue weighted by molar-refractivity contribution is 9.10. The molecule has 23 heavy (non-hydrogen) atoms. The third kappa shape index (κ3) is 2.53. The standard InChI is InChI=1S/C21H22Br2/c1-21(2,13-5-3-4-6-13)20-18-11-14(22)7-9-16(18)17-10-8-15(23)12-19(17)20/h7-13,20H,3-6H2,1-2H3. The van der Waals surface area contributed by atoms with Crippen LogP contribution in [-0.4, -0.2) is 0 Å². The van der Waals surface area contributed by atoms with Gasteiger partial charge in [0.1, 0.15) is 0 Å². The van der Waals surface area contributed by atoms with Crippen LogP contribution in [0.3, 0.4) is 0 Å². The van der Waals surface area contributed by atoms with Gasteiger partial charge in [0, 0.05) is 14.9 Å². The van der Waals surface area contributed by atoms with Crippen molar-refractivity contribution in [3.8, 4) is 11.1 Å². The average molecular weight is 434 g/mol. The molecule has 2 aromatic carbocycles. The molecule has 2 aliphatic rings. The van der Waals surface area contributed by atoms with Gasteiger partial charge in [-0.2, -0.15) is 0 Å². The zero-order chi connectivity index (χ0) is 16.2. The molecule has 0 aliphatic heterocycles. The molecule has 0 aromatic heterocycles. The second-order valence-corrected chi connectivity index (χ2v) is 9.53. The maximum Gasteiger partial charge on any atom is 0.0178 e. The number of halogens is 2. The fourth-order valence-corrected chi connectivity index (χ4v) is 5.67. The molecule has 2 aliphatic carbocycles. The van der Waals surface area contributed by atoms with Gasteiger partial charge in [0.25, 0.3) is 0 Å². The summed E-state index contributed by atoms with van der Waals surface area (Å²) in [6, 6.07) is 13.6. The summed E-state index contributed by atoms with van der Waals surface area (Å²) in [4.78, 5) is 0. The third-order valence-electron chi connectivity index (χ3n) is 6.09. The number of hydrogen-bond donors (Lipinski definition) is 0. The Balaban J connectivity index is 1.92. The highest BCUT2D eigenvalue weighted by Gasteiger charge is 2.44. The molecule has 0 saturated heterocycles. The van der Waals surface area contributed by atoms with E-state index in [4.69, 9.17) is 0 Å². The summed E-state index contributed by atoms with van der Waals surface area (Å²) in [5.74, 6) is 1.31. The molecule has 0 unspecified atom stereocenters. The lowest BCUT2D eigenvalue weighted by Gasteiger charge is -2.39. The van der Waals surface area contributed by atoms with E-state index in [2.05, 4.69) is 82.1 Å². The van der Waals surface area contributed by atoms with Crippen LogP contribution in [-0.2, 0) is 0 Å². The van der Waals surface area contributed by atoms with E-state index in [1.165, 1.54) is 56.9 Å². The van der Waals surface area contributed by atoms with E-state index in [9.17, 15) is 0 Å². The van der Waals surface area contributed by atoms with Gasteiger partial charge in [0.2, 0.25) is 0 Å². The van der Waals surface area contributed by atoms with Gasteiger partial charge in [0.15, 0.2) is 0 Å². The molecule has 0 heterocycles. The predicted octanol–water partition coefficient (Wildman–Crippen LogP) is 7.54. The first kappa shape index (κ1) is 15.9. The van der Waals surface area contributed by atoms with Crippen molar-refractivity contribution in [3.63, 3.8) is 0 Å². The quantitative estimate of drug-likeness (QED) is 0.458. The molecule has 0 nitrogen and oxygen atoms in total. The van der Waals surface area contributed by atoms with Crippen molar-refractivity contribution in [3.05, 3.63) is 56.5 Å². The number of hydrogen-bond acceptors (Lipinski definition) is 0. The smallest absolute Gasteiger partial charge is 0.0178 e. The largest absolute Gasteiger partial charge is 0.0587 e. The van der Waals surface area contributed by atoms with Crippen molar-refractivity contribution < 1.29 is 0 Å². The van der Waals surface area contributed by atoms with E-state index in [1.807, 2.05) is 0 Å². The molecule has 2 heteroatoms. The lowest BCUT2D eigenvalue weighted by atomic mass is 9.65. The van der Waals surface area contributed by atoms with Crippen molar-refractivity contribution in [2.75, 3.05) is 0 Å². The zero-order valence-corrected chi connectivity index (χ0v) is 16.9. The fourth-order valence-electron chi connectivity index (χ4n) is 4.91. The molecular weight excluding hydrogens is 412 g/mol. The van der Waals surface area contributed by atoms with Gasteiger partial charge in [0.05, 0.1) is 0 Å². The molecule has 2 aromatic rings. The Morgan fingerprint density at radius 1 is 0.826 bits per heavy atom. The van der Waals surface area contributed by atoms with Gasteiger partial charge in [-0.3, -0.25) is 0 Å². The van der Waals surface area contributed by atoms with Crippen molar-refractivity contribution in [2.45, 2.75) is 45.4 Å². The molecule has 4 rings (SSSR count). The first-order valence-electron chi connectivity index (χ1n) is 8.58. The SMILES string of the molecule is CC(C)(C1CCCC1)C1c2cc(Br)ccc2-c2ccc(Br)cc21. The number of rotatable bonds is 2. The Morgan fingerprint density at radius 2 is 1.30 bits per heavy atom. The van der Waals surface area contributed by atoms with Gasteiger partial charge < -0.3 is 0 Å². The van der Waals surface area contributed by atoms with Crippen LogP contribution in [0, 0.1) is 11.3 Å². The van der Waals surface area contributed by atoms with Crippen molar-refractivity contribution in [1.29, 1.82) is 0 Å². The maximum atomic E-state index is 3.69. The van der Waals surface area contributed by atoms with Crippen LogP contribution in [0.25, 0.3) is 11.1 Å². The monoisotopic (exact) mass is 432 g/mol. The summed E-state index contributed by atoms with van der Waals surface area (Å²) in [7, 11) is 0. The summed E-state index contributed by atoms with van der Waals surface area (Å²) in [6.45, 7) is 4.99. The minimum Gasteiger partial charge on any atom is -0.0587 e. The molecule has 1 fully saturated rings. The van der Waals surface area contributed by atoms with Crippen LogP contribution in [0.1, 0.15) is 56.6 Å². The summed E-state index contributed by atoms with van der Waals surface area (Å²) in [5.41, 5.74) is 6.14. The van der Waals surface area contributed by atoms with E-state index in [1.54, 1.807) is 0 Å². The number of fused-ring (bicyclic) bond motifs is 3. The van der Waals surface area contributed by atoms with Gasteiger partial charge in [-0.25, -0.2) is 0 Å². The molecular formula is C21H22Br2. The third-order valence-corrected chi connectivity index (χ3v) is 7.08. The van der Waals surface area contributed by atoms with E-state index >= 15 is 0 Å². The van der Waals surface area contributed by atoms with E-state index in [-0.39, 0.29) is 5.41 Å². The fraction of sp³-hybridized carbons (Fsp3) is 0.429. The van der Waals surface area contributed by atoms with Crippen LogP contribution in [0.15, 0.2) is 45.3 Å². The zero-order valence-electron chi connectivity index (χ0n) is 13.7.